The van der Waals surface area contributed by atoms with Crippen molar-refractivity contribution in [3.63, 3.8) is 0 Å². The predicted molar refractivity (Wildman–Crippen MR) is 541 cm³/mol. The van der Waals surface area contributed by atoms with Crippen LogP contribution in [0, 0.1) is 34.6 Å². The zero-order valence-electron chi connectivity index (χ0n) is 76.5. The maximum absolute atomic E-state index is 13.6. The lowest BCUT2D eigenvalue weighted by Crippen LogP contribution is -2.46. The third kappa shape index (κ3) is 29.4. The van der Waals surface area contributed by atoms with Crippen LogP contribution in [0.1, 0.15) is 275 Å². The summed E-state index contributed by atoms with van der Waals surface area (Å²) in [5.41, 5.74) is 12.7. The van der Waals surface area contributed by atoms with Crippen LogP contribution in [0.5, 0.6) is 0 Å². The Bertz CT molecular complexity index is 5270. The van der Waals surface area contributed by atoms with Crippen LogP contribution in [-0.4, -0.2) is 153 Å². The van der Waals surface area contributed by atoms with Crippen LogP contribution in [0.3, 0.4) is 0 Å². The molecule has 133 heavy (non-hydrogen) atoms. The van der Waals surface area contributed by atoms with Gasteiger partial charge in [-0.15, -0.1) is 0 Å². The number of halogens is 6. The molecule has 31 heteroatoms. The quantitative estimate of drug-likeness (QED) is 0.0626. The second-order valence-electron chi connectivity index (χ2n) is 34.3. The summed E-state index contributed by atoms with van der Waals surface area (Å²) >= 11 is 33.0. The molecule has 10 atom stereocenters. The maximum Gasteiger partial charge on any atom is 0.418 e. The smallest absolute Gasteiger partial charge is 0.418 e. The number of aliphatic carboxylic acids is 1. The van der Waals surface area contributed by atoms with Gasteiger partial charge in [0.15, 0.2) is 0 Å². The minimum absolute atomic E-state index is 0. The van der Waals surface area contributed by atoms with Crippen molar-refractivity contribution in [3.05, 3.63) is 229 Å². The SMILES string of the molecule is C.C.C.C.C.CC1CCC(=O)N1C(=O)OC(C)(C)C.CNC(=O)Nc1ccc2c(c1)CC[C@@]21OC(=O)N(CC(=O)N2C(C)CCC2c2ccc(Cl)cc2C)C1=O.CNC(=O)Nc1ccc2c(c1)CC[C@@]21OC(=O)N(CC(=O)O)C1=O.Cc1cc(Cl)ccc1Br.Cc1cc(Cl)ccc1C1=NC(C)CC1.Cc1cc(Cl)ccc1C1CCC(C)N1.Cc1cc(Cl)ccc1C1CCC(C)N1.[2H]CC. The molecule has 0 aromatic heterocycles. The van der Waals surface area contributed by atoms with Gasteiger partial charge in [-0.3, -0.25) is 29.0 Å². The number of benzene rings is 7. The van der Waals surface area contributed by atoms with Gasteiger partial charge in [0, 0.05) is 135 Å². The number of rotatable bonds is 10. The average Bonchev–Trinajstić information content (AvgIpc) is 1.57. The standard InChI is InChI=1S/C27H29ClN4O5.C15H15N3O6.2C12H16ClN.C12H14ClN.C10H17NO3.C7H6BrCl.C2H6.5CH4/c1-15-12-18(28)5-7-20(15)22-9-4-16(2)32(22)23(33)14-31-24(34)27(37-26(31)36)11-10-17-13-19(6-8-21(17)27)30-25(35)29-3;1-16-13(22)17-9-2-3-10-8(6-9)4-5-15(10)12(21)18(7-11(19)20)14(23)24-15;3*1-8-7-10(13)4-5-11(8)12-6-3-9(2)14-12;1-7-5-6-8(12)11(7)9(13)14-10(2,3)4;1-5-4-6(9)2-3-7(5)8;1-2;;;;;/h5-8,12-13,16,22H,4,9-11,14H2,1-3H3,(H2,29,30,35);2-3,6H,4-5,7H2,1H3,(H,19,20)(H2,16,17,22);2*4-5,7,9,12,14H,3,6H2,1-2H3;4-5,7,9H,3,6H2,1-2H3;7H,5-6H2,1-4H3;2-4H,1H3;1-2H3;5*1H4/t16?,22?,27-;15-;;;;;;;;;;;/m11.........../s1/i;;;;;;;1D;;;;;. The fourth-order valence-electron chi connectivity index (χ4n) is 17.3. The molecule has 0 bridgehead atoms. The third-order valence-electron chi connectivity index (χ3n) is 23.7. The normalized spacial score (nSPS) is 21.7. The third-order valence-corrected chi connectivity index (χ3v) is 25.7. The number of carboxylic acids is 1. The van der Waals surface area contributed by atoms with E-state index in [4.69, 9.17) is 78.7 Å². The Kier molecular flexibility index (Phi) is 44.0. The van der Waals surface area contributed by atoms with Crippen molar-refractivity contribution in [2.24, 2.45) is 4.99 Å². The van der Waals surface area contributed by atoms with Crippen molar-refractivity contribution in [1.29, 1.82) is 0 Å². The summed E-state index contributed by atoms with van der Waals surface area (Å²) in [7, 11) is 3.01. The van der Waals surface area contributed by atoms with E-state index in [1.165, 1.54) is 95.8 Å². The van der Waals surface area contributed by atoms with Crippen molar-refractivity contribution in [2.45, 2.75) is 296 Å². The highest BCUT2D eigenvalue weighted by Gasteiger charge is 2.60. The van der Waals surface area contributed by atoms with Crippen LogP contribution >= 0.6 is 73.9 Å². The Morgan fingerprint density at radius 1 is 0.534 bits per heavy atom. The van der Waals surface area contributed by atoms with Crippen molar-refractivity contribution >= 4 is 151 Å². The molecule has 16 rings (SSSR count). The number of nitrogens with one attached hydrogen (secondary N) is 6. The van der Waals surface area contributed by atoms with Gasteiger partial charge in [0.2, 0.25) is 23.0 Å². The summed E-state index contributed by atoms with van der Waals surface area (Å²) in [6, 6.07) is 41.7. The van der Waals surface area contributed by atoms with Gasteiger partial charge in [-0.05, 0) is 313 Å². The molecule has 7 N–H and O–H groups in total. The molecule has 6 saturated heterocycles. The highest BCUT2D eigenvalue weighted by Crippen LogP contribution is 2.49. The van der Waals surface area contributed by atoms with E-state index < -0.39 is 59.4 Å². The lowest BCUT2D eigenvalue weighted by atomic mass is 9.94. The number of amides is 11. The molecule has 0 radical (unpaired) electrons. The van der Waals surface area contributed by atoms with E-state index in [1.807, 2.05) is 100 Å². The summed E-state index contributed by atoms with van der Waals surface area (Å²) in [5, 5.41) is 30.1. The minimum atomic E-state index is -1.46. The van der Waals surface area contributed by atoms with E-state index in [9.17, 15) is 47.9 Å². The van der Waals surface area contributed by atoms with E-state index in [0.29, 0.717) is 88.8 Å². The predicted octanol–water partition coefficient (Wildman–Crippen LogP) is 25.0. The number of carbonyl (C=O) groups excluding carboxylic acids is 9. The van der Waals surface area contributed by atoms with Gasteiger partial charge >= 0.3 is 36.3 Å². The van der Waals surface area contributed by atoms with Crippen LogP contribution in [0.15, 0.2) is 137 Å². The van der Waals surface area contributed by atoms with Gasteiger partial charge in [-0.25, -0.2) is 38.7 Å². The molecule has 728 valence electrons. The number of imide groups is 3. The molecule has 6 fully saturated rings. The number of carbonyl (C=O) groups is 10. The number of hydrogen-bond acceptors (Lipinski definition) is 16. The number of ether oxygens (including phenoxy) is 3. The second-order valence-corrected chi connectivity index (χ2v) is 37.3. The largest absolute Gasteiger partial charge is 0.480 e. The van der Waals surface area contributed by atoms with Crippen molar-refractivity contribution in [1.82, 2.24) is 40.9 Å². The first-order chi connectivity index (χ1) is 60.9. The Balaban J connectivity index is 0.000000339. The summed E-state index contributed by atoms with van der Waals surface area (Å²) in [6.07, 6.45) is 9.30. The van der Waals surface area contributed by atoms with Crippen LogP contribution < -0.4 is 31.9 Å². The number of carboxylic acid groups (broad SMARTS) is 1. The number of aryl methyl sites for hydroxylation is 7. The Morgan fingerprint density at radius 3 is 1.32 bits per heavy atom. The van der Waals surface area contributed by atoms with Gasteiger partial charge < -0.3 is 56.1 Å². The molecule has 25 nitrogen and oxygen atoms in total. The molecule has 9 aliphatic rings. The van der Waals surface area contributed by atoms with Gasteiger partial charge in [-0.1, -0.05) is 161 Å². The van der Waals surface area contributed by atoms with E-state index in [1.54, 1.807) is 69.0 Å². The fraction of sp³-hybridized carbons (Fsp3) is 0.480. The van der Waals surface area contributed by atoms with E-state index in [-0.39, 0.29) is 98.5 Å². The first-order valence-corrected chi connectivity index (χ1v) is 45.9. The molecule has 7 aromatic rings. The molecule has 2 aliphatic carbocycles. The average molecular weight is 2000 g/mol. The van der Waals surface area contributed by atoms with Crippen LogP contribution in [-0.2, 0) is 62.2 Å². The second kappa shape index (κ2) is 51.3. The minimum Gasteiger partial charge on any atom is -0.480 e. The van der Waals surface area contributed by atoms with Gasteiger partial charge in [0.05, 0.1) is 6.04 Å². The number of fused-ring (bicyclic) bond motifs is 4. The zero-order chi connectivity index (χ0) is 94.8. The van der Waals surface area contributed by atoms with Gasteiger partial charge in [-0.2, -0.15) is 0 Å². The van der Waals surface area contributed by atoms with Crippen molar-refractivity contribution < 1.29 is 68.6 Å². The van der Waals surface area contributed by atoms with Crippen LogP contribution in [0.2, 0.25) is 25.1 Å². The lowest BCUT2D eigenvalue weighted by molar-refractivity contribution is -0.144. The maximum atomic E-state index is 13.6. The zero-order valence-corrected chi connectivity index (χ0v) is 80.9. The number of likely N-dealkylation sites (tertiary alicyclic amines) is 2. The first-order valence-electron chi connectivity index (χ1n) is 43.9. The molecule has 7 aliphatic heterocycles. The molecule has 2 spiro atoms. The topological polar surface area (TPSA) is 316 Å². The summed E-state index contributed by atoms with van der Waals surface area (Å²) < 4.78 is 23.4. The number of anilines is 2. The number of nitrogens with zero attached hydrogens (tertiary/aromatic N) is 5. The van der Waals surface area contributed by atoms with Gasteiger partial charge in [0.1, 0.15) is 18.7 Å². The number of hydrogen-bond donors (Lipinski definition) is 7. The molecule has 7 heterocycles. The molecule has 11 amide bonds. The molecule has 8 unspecified atom stereocenters. The molecular formula is C102H139BrCl5N11O14. The number of urea groups is 2. The first kappa shape index (κ1) is 114. The summed E-state index contributed by atoms with van der Waals surface area (Å²) in [6.45, 7) is 27.4. The van der Waals surface area contributed by atoms with E-state index >= 15 is 0 Å². The van der Waals surface area contributed by atoms with Crippen molar-refractivity contribution in [2.75, 3.05) is 37.8 Å². The Labute approximate surface area is 822 Å². The molecule has 0 saturated carbocycles. The monoisotopic (exact) mass is 2000 g/mol. The van der Waals surface area contributed by atoms with Crippen LogP contribution in [0.25, 0.3) is 0 Å². The van der Waals surface area contributed by atoms with Crippen molar-refractivity contribution in [3.8, 4) is 0 Å². The highest BCUT2D eigenvalue weighted by molar-refractivity contribution is 9.10. The van der Waals surface area contributed by atoms with E-state index in [0.717, 1.165) is 77.4 Å². The lowest BCUT2D eigenvalue weighted by Gasteiger charge is -2.31. The fourth-order valence-corrected chi connectivity index (χ4v) is 18.6. The Hall–Kier alpha value is -9.64. The molecular weight excluding hydrogens is 1860 g/mol. The number of aliphatic imine (C=N–C) groups is 1. The van der Waals surface area contributed by atoms with Crippen LogP contribution in [0.4, 0.5) is 35.3 Å². The summed E-state index contributed by atoms with van der Waals surface area (Å²) in [4.78, 5) is 130. The Morgan fingerprint density at radius 2 is 0.955 bits per heavy atom. The summed E-state index contributed by atoms with van der Waals surface area (Å²) in [5.74, 6) is -2.91. The van der Waals surface area contributed by atoms with Gasteiger partial charge in [0.25, 0.3) is 11.8 Å². The highest BCUT2D eigenvalue weighted by atomic mass is 79.9. The van der Waals surface area contributed by atoms with E-state index in [2.05, 4.69) is 113 Å². The molecule has 7 aromatic carbocycles.